The normalized spacial score (nSPS) is 21.7. The highest BCUT2D eigenvalue weighted by atomic mass is 19.1. The van der Waals surface area contributed by atoms with Gasteiger partial charge in [-0.25, -0.2) is 4.39 Å². The summed E-state index contributed by atoms with van der Waals surface area (Å²) in [4.78, 5) is 43.0. The first-order valence-corrected chi connectivity index (χ1v) is 11.5. The van der Waals surface area contributed by atoms with Gasteiger partial charge < -0.3 is 9.80 Å². The van der Waals surface area contributed by atoms with Gasteiger partial charge in [-0.15, -0.1) is 0 Å². The minimum absolute atomic E-state index is 0.0446. The van der Waals surface area contributed by atoms with E-state index in [4.69, 9.17) is 0 Å². The number of halogens is 1. The molecule has 2 aromatic rings. The topological polar surface area (TPSA) is 57.7 Å². The fourth-order valence-corrected chi connectivity index (χ4v) is 5.36. The van der Waals surface area contributed by atoms with Gasteiger partial charge in [0.15, 0.2) is 5.78 Å². The summed E-state index contributed by atoms with van der Waals surface area (Å²) >= 11 is 0. The van der Waals surface area contributed by atoms with Crippen molar-refractivity contribution in [2.45, 2.75) is 44.6 Å². The molecular formula is C26H27FN2O3. The van der Waals surface area contributed by atoms with E-state index in [0.717, 1.165) is 25.7 Å². The van der Waals surface area contributed by atoms with Gasteiger partial charge >= 0.3 is 0 Å². The SMILES string of the molecule is O=C1Cc2ccc(-c3ccccc3F)cc2C(=O)N2CCN(C(=O)C3CCCCC3)C[C@H]12. The van der Waals surface area contributed by atoms with Crippen LogP contribution in [0.3, 0.4) is 0 Å². The Bertz CT molecular complexity index is 1080. The molecule has 0 spiro atoms. The third-order valence-corrected chi connectivity index (χ3v) is 7.17. The maximum absolute atomic E-state index is 14.3. The van der Waals surface area contributed by atoms with Crippen LogP contribution in [0.1, 0.15) is 48.0 Å². The molecule has 1 atom stereocenters. The summed E-state index contributed by atoms with van der Waals surface area (Å²) in [5.41, 5.74) is 2.17. The van der Waals surface area contributed by atoms with Gasteiger partial charge in [0.05, 0.1) is 0 Å². The zero-order valence-corrected chi connectivity index (χ0v) is 18.1. The van der Waals surface area contributed by atoms with Crippen LogP contribution in [0, 0.1) is 11.7 Å². The van der Waals surface area contributed by atoms with E-state index in [0.29, 0.717) is 35.3 Å². The number of nitrogens with zero attached hydrogens (tertiary/aromatic N) is 2. The fourth-order valence-electron chi connectivity index (χ4n) is 5.36. The predicted molar refractivity (Wildman–Crippen MR) is 119 cm³/mol. The van der Waals surface area contributed by atoms with Gasteiger partial charge in [0.1, 0.15) is 11.9 Å². The Hall–Kier alpha value is -3.02. The molecular weight excluding hydrogens is 407 g/mol. The Morgan fingerprint density at radius 1 is 0.938 bits per heavy atom. The Balaban J connectivity index is 1.41. The minimum atomic E-state index is -0.617. The van der Waals surface area contributed by atoms with Crippen LogP contribution in [0.4, 0.5) is 4.39 Å². The van der Waals surface area contributed by atoms with Crippen molar-refractivity contribution in [2.75, 3.05) is 19.6 Å². The second-order valence-corrected chi connectivity index (χ2v) is 9.13. The second-order valence-electron chi connectivity index (χ2n) is 9.13. The molecule has 32 heavy (non-hydrogen) atoms. The molecule has 1 aliphatic carbocycles. The van der Waals surface area contributed by atoms with Crippen molar-refractivity contribution in [3.05, 3.63) is 59.4 Å². The average Bonchev–Trinajstić information content (AvgIpc) is 2.93. The van der Waals surface area contributed by atoms with Crippen LogP contribution in [-0.4, -0.2) is 53.1 Å². The number of rotatable bonds is 2. The van der Waals surface area contributed by atoms with Crippen LogP contribution in [0.15, 0.2) is 42.5 Å². The summed E-state index contributed by atoms with van der Waals surface area (Å²) in [6, 6.07) is 11.1. The van der Waals surface area contributed by atoms with Crippen LogP contribution in [-0.2, 0) is 16.0 Å². The molecule has 0 radical (unpaired) electrons. The molecule has 0 N–H and O–H groups in total. The smallest absolute Gasteiger partial charge is 0.254 e. The van der Waals surface area contributed by atoms with Crippen molar-refractivity contribution in [3.63, 3.8) is 0 Å². The summed E-state index contributed by atoms with van der Waals surface area (Å²) in [6.45, 7) is 1.07. The number of hydrogen-bond acceptors (Lipinski definition) is 3. The summed E-state index contributed by atoms with van der Waals surface area (Å²) < 4.78 is 14.3. The highest BCUT2D eigenvalue weighted by molar-refractivity contribution is 6.04. The molecule has 3 aliphatic rings. The number of amides is 2. The number of fused-ring (bicyclic) bond motifs is 2. The van der Waals surface area contributed by atoms with Crippen molar-refractivity contribution >= 4 is 17.6 Å². The third kappa shape index (κ3) is 3.72. The molecule has 2 aliphatic heterocycles. The van der Waals surface area contributed by atoms with Crippen LogP contribution in [0.2, 0.25) is 0 Å². The molecule has 6 heteroatoms. The maximum atomic E-state index is 14.3. The van der Waals surface area contributed by atoms with Gasteiger partial charge in [0, 0.05) is 43.1 Å². The Morgan fingerprint density at radius 3 is 2.50 bits per heavy atom. The lowest BCUT2D eigenvalue weighted by atomic mass is 9.88. The van der Waals surface area contributed by atoms with Crippen molar-refractivity contribution < 1.29 is 18.8 Å². The molecule has 2 fully saturated rings. The van der Waals surface area contributed by atoms with Gasteiger partial charge in [-0.1, -0.05) is 49.6 Å². The maximum Gasteiger partial charge on any atom is 0.254 e. The summed E-state index contributed by atoms with van der Waals surface area (Å²) in [5, 5.41) is 0. The van der Waals surface area contributed by atoms with Gasteiger partial charge in [-0.05, 0) is 36.1 Å². The number of hydrogen-bond donors (Lipinski definition) is 0. The molecule has 5 nitrogen and oxygen atoms in total. The number of ketones is 1. The van der Waals surface area contributed by atoms with Crippen LogP contribution < -0.4 is 0 Å². The lowest BCUT2D eigenvalue weighted by Crippen LogP contribution is -2.59. The monoisotopic (exact) mass is 434 g/mol. The Labute approximate surface area is 187 Å². The molecule has 2 aromatic carbocycles. The van der Waals surface area contributed by atoms with E-state index in [1.54, 1.807) is 46.2 Å². The van der Waals surface area contributed by atoms with Crippen LogP contribution in [0.5, 0.6) is 0 Å². The van der Waals surface area contributed by atoms with E-state index in [1.807, 2.05) is 0 Å². The average molecular weight is 435 g/mol. The van der Waals surface area contributed by atoms with Crippen LogP contribution >= 0.6 is 0 Å². The van der Waals surface area contributed by atoms with Crippen molar-refractivity contribution in [1.29, 1.82) is 0 Å². The highest BCUT2D eigenvalue weighted by Crippen LogP contribution is 2.31. The first-order valence-electron chi connectivity index (χ1n) is 11.5. The Kier molecular flexibility index (Phi) is 5.53. The van der Waals surface area contributed by atoms with E-state index < -0.39 is 6.04 Å². The van der Waals surface area contributed by atoms with E-state index in [9.17, 15) is 18.8 Å². The molecule has 166 valence electrons. The minimum Gasteiger partial charge on any atom is -0.338 e. The molecule has 2 heterocycles. The van der Waals surface area contributed by atoms with E-state index in [1.165, 1.54) is 12.5 Å². The summed E-state index contributed by atoms with van der Waals surface area (Å²) in [5.74, 6) is -0.423. The van der Waals surface area contributed by atoms with Gasteiger partial charge in [-0.2, -0.15) is 0 Å². The second kappa shape index (κ2) is 8.49. The molecule has 5 rings (SSSR count). The fraction of sp³-hybridized carbons (Fsp3) is 0.423. The quantitative estimate of drug-likeness (QED) is 0.722. The zero-order chi connectivity index (χ0) is 22.2. The van der Waals surface area contributed by atoms with E-state index in [2.05, 4.69) is 0 Å². The lowest BCUT2D eigenvalue weighted by Gasteiger charge is -2.41. The van der Waals surface area contributed by atoms with Gasteiger partial charge in [0.2, 0.25) is 5.91 Å². The number of benzene rings is 2. The summed E-state index contributed by atoms with van der Waals surface area (Å²) in [6.07, 6.45) is 5.32. The largest absolute Gasteiger partial charge is 0.338 e. The van der Waals surface area contributed by atoms with Crippen molar-refractivity contribution in [2.24, 2.45) is 5.92 Å². The number of carbonyl (C=O) groups excluding carboxylic acids is 3. The number of Topliss-reactive ketones (excluding diaryl/α,β-unsaturated/α-hetero) is 1. The first kappa shape index (κ1) is 20.9. The number of piperazine rings is 1. The summed E-state index contributed by atoms with van der Waals surface area (Å²) in [7, 11) is 0. The third-order valence-electron chi connectivity index (χ3n) is 7.17. The van der Waals surface area contributed by atoms with Crippen molar-refractivity contribution in [3.8, 4) is 11.1 Å². The molecule has 1 saturated carbocycles. The predicted octanol–water partition coefficient (Wildman–Crippen LogP) is 3.85. The molecule has 0 unspecified atom stereocenters. The van der Waals surface area contributed by atoms with Crippen LogP contribution in [0.25, 0.3) is 11.1 Å². The molecule has 0 bridgehead atoms. The lowest BCUT2D eigenvalue weighted by molar-refractivity contribution is -0.140. The van der Waals surface area contributed by atoms with E-state index >= 15 is 0 Å². The standard InChI is InChI=1S/C26H27FN2O3/c27-22-9-5-4-8-20(22)18-10-11-19-15-24(30)23-16-28(25(31)17-6-2-1-3-7-17)12-13-29(23)26(32)21(19)14-18/h4-5,8-11,14,17,23H,1-3,6-7,12-13,15-16H2/t23-/m1/s1. The van der Waals surface area contributed by atoms with Gasteiger partial charge in [-0.3, -0.25) is 14.4 Å². The van der Waals surface area contributed by atoms with E-state index in [-0.39, 0.29) is 42.3 Å². The van der Waals surface area contributed by atoms with Gasteiger partial charge in [0.25, 0.3) is 5.91 Å². The molecule has 2 amide bonds. The molecule has 0 aromatic heterocycles. The highest BCUT2D eigenvalue weighted by Gasteiger charge is 2.41. The Morgan fingerprint density at radius 2 is 1.72 bits per heavy atom. The number of carbonyl (C=O) groups is 3. The molecule has 1 saturated heterocycles. The zero-order valence-electron chi connectivity index (χ0n) is 18.1. The first-order chi connectivity index (χ1) is 15.5. The van der Waals surface area contributed by atoms with Crippen molar-refractivity contribution in [1.82, 2.24) is 9.80 Å².